The predicted molar refractivity (Wildman–Crippen MR) is 222 cm³/mol. The van der Waals surface area contributed by atoms with Crippen LogP contribution in [0.1, 0.15) is 97.8 Å². The van der Waals surface area contributed by atoms with Gasteiger partial charge in [-0.05, 0) is 81.8 Å². The Morgan fingerprint density at radius 3 is 2.15 bits per heavy atom. The van der Waals surface area contributed by atoms with Crippen molar-refractivity contribution in [3.63, 3.8) is 0 Å². The van der Waals surface area contributed by atoms with Crippen LogP contribution < -0.4 is 5.19 Å². The second kappa shape index (κ2) is 15.7. The number of hydrogen-bond acceptors (Lipinski definition) is 4. The molecule has 7 rings (SSSR count). The number of nitrogens with zero attached hydrogens (tertiary/aromatic N) is 3. The third-order valence-electron chi connectivity index (χ3n) is 10.8. The average Bonchev–Trinajstić information content (AvgIpc) is 3.77. The molecule has 4 nitrogen and oxygen atoms in total. The van der Waals surface area contributed by atoms with Gasteiger partial charge in [0.1, 0.15) is 0 Å². The monoisotopic (exact) mass is 900 g/mol. The van der Waals surface area contributed by atoms with Gasteiger partial charge in [-0.15, -0.1) is 53.6 Å². The van der Waals surface area contributed by atoms with Crippen molar-refractivity contribution in [2.24, 2.45) is 11.3 Å². The molecule has 4 heterocycles. The molecule has 53 heavy (non-hydrogen) atoms. The second-order valence-corrected chi connectivity index (χ2v) is 23.7. The summed E-state index contributed by atoms with van der Waals surface area (Å²) in [5, 5.41) is 3.58. The fourth-order valence-corrected chi connectivity index (χ4v) is 9.28. The maximum atomic E-state index is 6.08. The number of aromatic nitrogens is 3. The summed E-state index contributed by atoms with van der Waals surface area (Å²) in [7, 11) is -1.41. The molecule has 1 aliphatic carbocycles. The van der Waals surface area contributed by atoms with E-state index in [0.29, 0.717) is 5.71 Å². The molecule has 4 aromatic heterocycles. The van der Waals surface area contributed by atoms with E-state index in [1.807, 2.05) is 30.5 Å². The van der Waals surface area contributed by atoms with Gasteiger partial charge in [0.2, 0.25) is 5.71 Å². The summed E-state index contributed by atoms with van der Waals surface area (Å²) < 4.78 is 6.08. The summed E-state index contributed by atoms with van der Waals surface area (Å²) in [4.78, 5) is 13.8. The molecule has 2 aromatic carbocycles. The van der Waals surface area contributed by atoms with Crippen LogP contribution in [0.3, 0.4) is 0 Å². The molecule has 6 aromatic rings. The van der Waals surface area contributed by atoms with Crippen LogP contribution in [-0.4, -0.2) is 23.0 Å². The first-order chi connectivity index (χ1) is 24.4. The summed E-state index contributed by atoms with van der Waals surface area (Å²) >= 11 is 0. The van der Waals surface area contributed by atoms with E-state index < -0.39 is 8.07 Å². The van der Waals surface area contributed by atoms with Gasteiger partial charge in [-0.1, -0.05) is 117 Å². The first-order valence-electron chi connectivity index (χ1n) is 19.1. The number of benzene rings is 2. The van der Waals surface area contributed by atoms with Crippen molar-refractivity contribution in [1.29, 1.82) is 0 Å². The van der Waals surface area contributed by atoms with Crippen LogP contribution in [0.4, 0.5) is 0 Å². The Morgan fingerprint density at radius 1 is 0.774 bits per heavy atom. The molecule has 6 heteroatoms. The van der Waals surface area contributed by atoms with Gasteiger partial charge in [0.05, 0.1) is 13.7 Å². The van der Waals surface area contributed by atoms with E-state index in [1.165, 1.54) is 47.6 Å². The van der Waals surface area contributed by atoms with Crippen molar-refractivity contribution in [2.75, 3.05) is 0 Å². The SMILES string of the molecule is CC(C)(C)Cc1cc(-c2[c-]cc(C(C)(C)C)cc2)ncc1[Si](C)(C)C.CC(C)(c1ccnc(-c2[c-]ccc3c2oc2ncccc23)c1)C1CCCC1.[Ir]. The molecule has 0 bridgehead atoms. The number of hydrogen-bond donors (Lipinski definition) is 0. The van der Waals surface area contributed by atoms with Crippen LogP contribution in [-0.2, 0) is 37.4 Å². The first kappa shape index (κ1) is 40.7. The molecular weight excluding hydrogens is 843 g/mol. The van der Waals surface area contributed by atoms with Crippen molar-refractivity contribution in [3.8, 4) is 22.5 Å². The van der Waals surface area contributed by atoms with Gasteiger partial charge < -0.3 is 14.4 Å². The molecule has 1 fully saturated rings. The van der Waals surface area contributed by atoms with E-state index >= 15 is 0 Å². The van der Waals surface area contributed by atoms with Gasteiger partial charge in [0.25, 0.3) is 0 Å². The minimum Gasteiger partial charge on any atom is -0.486 e. The fraction of sp³-hybridized carbons (Fsp3) is 0.426. The van der Waals surface area contributed by atoms with E-state index in [4.69, 9.17) is 9.40 Å². The Bertz CT molecular complexity index is 2160. The van der Waals surface area contributed by atoms with Crippen LogP contribution in [0.5, 0.6) is 0 Å². The third kappa shape index (κ3) is 9.27. The molecule has 0 amide bonds. The minimum atomic E-state index is -1.41. The van der Waals surface area contributed by atoms with E-state index in [0.717, 1.165) is 51.2 Å². The van der Waals surface area contributed by atoms with Crippen molar-refractivity contribution < 1.29 is 24.5 Å². The van der Waals surface area contributed by atoms with Crippen LogP contribution in [0.2, 0.25) is 19.6 Å². The average molecular weight is 900 g/mol. The maximum absolute atomic E-state index is 6.08. The van der Waals surface area contributed by atoms with Crippen molar-refractivity contribution in [1.82, 2.24) is 15.0 Å². The number of furan rings is 1. The van der Waals surface area contributed by atoms with E-state index in [9.17, 15) is 0 Å². The van der Waals surface area contributed by atoms with Gasteiger partial charge in [0.15, 0.2) is 0 Å². The molecule has 1 saturated carbocycles. The number of pyridine rings is 3. The minimum absolute atomic E-state index is 0. The molecular formula is C47H57IrN3OSi-2. The summed E-state index contributed by atoms with van der Waals surface area (Å²) in [6.07, 6.45) is 12.3. The number of rotatable bonds is 6. The Kier molecular flexibility index (Phi) is 12.1. The molecule has 1 aliphatic rings. The molecule has 0 saturated heterocycles. The normalized spacial score (nSPS) is 14.2. The predicted octanol–water partition coefficient (Wildman–Crippen LogP) is 12.3. The topological polar surface area (TPSA) is 51.8 Å². The van der Waals surface area contributed by atoms with Gasteiger partial charge in [0, 0.05) is 44.1 Å². The standard InChI is InChI=1S/C24H23N2O.C23H34NSi.Ir/c1-24(2,16-7-3-4-8-16)17-12-14-25-21(15-17)20-10-5-9-18-19-11-6-13-26-23(19)27-22(18)20;1-22(2,3)15-18-14-20(24-16-21(18)25(7,8)9)17-10-12-19(13-11-17)23(4,5)6;/h5-6,9,11-16H,3-4,7-8H2,1-2H3;10,12-14,16H,15H2,1-9H3;/q2*-1;. The van der Waals surface area contributed by atoms with Gasteiger partial charge in [-0.3, -0.25) is 0 Å². The smallest absolute Gasteiger partial charge is 0.216 e. The van der Waals surface area contributed by atoms with Crippen LogP contribution in [0.15, 0.2) is 83.7 Å². The van der Waals surface area contributed by atoms with Crippen molar-refractivity contribution >= 4 is 35.3 Å². The third-order valence-corrected chi connectivity index (χ3v) is 12.9. The summed E-state index contributed by atoms with van der Waals surface area (Å²) in [6.45, 7) is 25.6. The molecule has 0 atom stereocenters. The molecule has 0 N–H and O–H groups in total. The van der Waals surface area contributed by atoms with E-state index in [2.05, 4.69) is 140 Å². The largest absolute Gasteiger partial charge is 0.486 e. The summed E-state index contributed by atoms with van der Waals surface area (Å²) in [5.41, 5.74) is 10.1. The molecule has 0 aliphatic heterocycles. The van der Waals surface area contributed by atoms with Gasteiger partial charge in [-0.2, -0.15) is 0 Å². The molecule has 0 unspecified atom stereocenters. The quantitative estimate of drug-likeness (QED) is 0.123. The van der Waals surface area contributed by atoms with E-state index in [1.54, 1.807) is 6.20 Å². The molecule has 0 spiro atoms. The zero-order chi connectivity index (χ0) is 37.5. The second-order valence-electron chi connectivity index (χ2n) is 18.6. The van der Waals surface area contributed by atoms with Crippen LogP contribution in [0.25, 0.3) is 44.6 Å². The van der Waals surface area contributed by atoms with Gasteiger partial charge in [-0.25, -0.2) is 4.98 Å². The Hall–Kier alpha value is -3.44. The summed E-state index contributed by atoms with van der Waals surface area (Å²) in [6, 6.07) is 28.0. The van der Waals surface area contributed by atoms with Crippen molar-refractivity contribution in [2.45, 2.75) is 118 Å². The number of fused-ring (bicyclic) bond motifs is 3. The van der Waals surface area contributed by atoms with Crippen LogP contribution >= 0.6 is 0 Å². The molecule has 1 radical (unpaired) electrons. The van der Waals surface area contributed by atoms with Crippen molar-refractivity contribution in [3.05, 3.63) is 108 Å². The zero-order valence-corrected chi connectivity index (χ0v) is 37.1. The molecule has 281 valence electrons. The fourth-order valence-electron chi connectivity index (χ4n) is 7.71. The van der Waals surface area contributed by atoms with Gasteiger partial charge >= 0.3 is 0 Å². The van der Waals surface area contributed by atoms with E-state index in [-0.39, 0.29) is 36.4 Å². The van der Waals surface area contributed by atoms with Crippen LogP contribution in [0, 0.1) is 23.5 Å². The first-order valence-corrected chi connectivity index (χ1v) is 22.6. The Labute approximate surface area is 333 Å². The zero-order valence-electron chi connectivity index (χ0n) is 33.7. The summed E-state index contributed by atoms with van der Waals surface area (Å²) in [5.74, 6) is 0.739. The maximum Gasteiger partial charge on any atom is 0.216 e. The Morgan fingerprint density at radius 2 is 1.51 bits per heavy atom. The Balaban J connectivity index is 0.000000201.